The Kier molecular flexibility index (Phi) is 4.70. The van der Waals surface area contributed by atoms with E-state index in [4.69, 9.17) is 13.9 Å². The monoisotopic (exact) mass is 339 g/mol. The van der Waals surface area contributed by atoms with E-state index in [-0.39, 0.29) is 12.1 Å². The molecule has 6 heteroatoms. The Labute approximate surface area is 144 Å². The molecule has 1 aromatic heterocycles. The fourth-order valence-corrected chi connectivity index (χ4v) is 2.51. The van der Waals surface area contributed by atoms with Crippen LogP contribution in [0.3, 0.4) is 0 Å². The second-order valence-electron chi connectivity index (χ2n) is 5.35. The first-order valence-corrected chi connectivity index (χ1v) is 7.64. The highest BCUT2D eigenvalue weighted by Gasteiger charge is 2.14. The number of para-hydroxylation sites is 1. The third kappa shape index (κ3) is 3.47. The summed E-state index contributed by atoms with van der Waals surface area (Å²) in [6, 6.07) is 13.9. The van der Waals surface area contributed by atoms with E-state index >= 15 is 0 Å². The van der Waals surface area contributed by atoms with Gasteiger partial charge in [0.15, 0.2) is 0 Å². The molecule has 25 heavy (non-hydrogen) atoms. The Bertz CT molecular complexity index is 977. The zero-order valence-electron chi connectivity index (χ0n) is 13.9. The minimum absolute atomic E-state index is 0.0596. The van der Waals surface area contributed by atoms with E-state index in [1.807, 2.05) is 18.2 Å². The SMILES string of the molecule is COc1ccc2oc(=O)c(C(=O)NCc3ccccc3OC)cc2c1. The topological polar surface area (TPSA) is 77.8 Å². The molecule has 0 unspecified atom stereocenters. The summed E-state index contributed by atoms with van der Waals surface area (Å²) < 4.78 is 15.6. The third-order valence-corrected chi connectivity index (χ3v) is 3.82. The fourth-order valence-electron chi connectivity index (χ4n) is 2.51. The molecule has 1 N–H and O–H groups in total. The second kappa shape index (κ2) is 7.09. The molecule has 0 bridgehead atoms. The van der Waals surface area contributed by atoms with Crippen LogP contribution in [0.25, 0.3) is 11.0 Å². The van der Waals surface area contributed by atoms with Gasteiger partial charge in [0.25, 0.3) is 5.91 Å². The number of carbonyl (C=O) groups is 1. The van der Waals surface area contributed by atoms with Crippen LogP contribution in [0.15, 0.2) is 57.7 Å². The van der Waals surface area contributed by atoms with Crippen LogP contribution in [-0.2, 0) is 6.54 Å². The molecule has 128 valence electrons. The number of rotatable bonds is 5. The van der Waals surface area contributed by atoms with E-state index in [2.05, 4.69) is 5.32 Å². The number of hydrogen-bond acceptors (Lipinski definition) is 5. The number of hydrogen-bond donors (Lipinski definition) is 1. The molecule has 0 radical (unpaired) electrons. The highest BCUT2D eigenvalue weighted by atomic mass is 16.5. The van der Waals surface area contributed by atoms with E-state index in [1.165, 1.54) is 6.07 Å². The predicted octanol–water partition coefficient (Wildman–Crippen LogP) is 2.74. The first-order valence-electron chi connectivity index (χ1n) is 7.64. The van der Waals surface area contributed by atoms with Crippen LogP contribution >= 0.6 is 0 Å². The van der Waals surface area contributed by atoms with Crippen LogP contribution in [0.4, 0.5) is 0 Å². The molecule has 1 heterocycles. The maximum Gasteiger partial charge on any atom is 0.349 e. The molecule has 0 saturated heterocycles. The van der Waals surface area contributed by atoms with Gasteiger partial charge in [-0.3, -0.25) is 4.79 Å². The van der Waals surface area contributed by atoms with Gasteiger partial charge in [-0.25, -0.2) is 4.79 Å². The van der Waals surface area contributed by atoms with E-state index in [0.29, 0.717) is 22.5 Å². The minimum Gasteiger partial charge on any atom is -0.497 e. The first kappa shape index (κ1) is 16.6. The molecule has 0 aliphatic rings. The minimum atomic E-state index is -0.685. The quantitative estimate of drug-likeness (QED) is 0.723. The summed E-state index contributed by atoms with van der Waals surface area (Å²) in [5.74, 6) is 0.768. The smallest absolute Gasteiger partial charge is 0.349 e. The van der Waals surface area contributed by atoms with Gasteiger partial charge in [-0.2, -0.15) is 0 Å². The van der Waals surface area contributed by atoms with Crippen LogP contribution in [0, 0.1) is 0 Å². The van der Waals surface area contributed by atoms with Crippen LogP contribution in [0.1, 0.15) is 15.9 Å². The third-order valence-electron chi connectivity index (χ3n) is 3.82. The number of carbonyl (C=O) groups excluding carboxylic acids is 1. The van der Waals surface area contributed by atoms with Gasteiger partial charge >= 0.3 is 5.63 Å². The Balaban J connectivity index is 1.86. The zero-order chi connectivity index (χ0) is 17.8. The normalized spacial score (nSPS) is 10.5. The molecule has 1 amide bonds. The first-order chi connectivity index (χ1) is 12.1. The van der Waals surface area contributed by atoms with Crippen molar-refractivity contribution in [3.63, 3.8) is 0 Å². The molecule has 0 aliphatic heterocycles. The van der Waals surface area contributed by atoms with Crippen molar-refractivity contribution in [2.75, 3.05) is 14.2 Å². The number of amides is 1. The van der Waals surface area contributed by atoms with Gasteiger partial charge in [-0.05, 0) is 30.3 Å². The number of benzene rings is 2. The zero-order valence-corrected chi connectivity index (χ0v) is 13.9. The van der Waals surface area contributed by atoms with Crippen LogP contribution in [0.5, 0.6) is 11.5 Å². The summed E-state index contributed by atoms with van der Waals surface area (Å²) in [4.78, 5) is 24.5. The summed E-state index contributed by atoms with van der Waals surface area (Å²) >= 11 is 0. The molecule has 6 nitrogen and oxygen atoms in total. The van der Waals surface area contributed by atoms with Crippen molar-refractivity contribution in [2.24, 2.45) is 0 Å². The highest BCUT2D eigenvalue weighted by molar-refractivity contribution is 5.96. The van der Waals surface area contributed by atoms with Gasteiger partial charge in [-0.15, -0.1) is 0 Å². The van der Waals surface area contributed by atoms with Gasteiger partial charge in [0.1, 0.15) is 22.6 Å². The van der Waals surface area contributed by atoms with E-state index in [9.17, 15) is 9.59 Å². The van der Waals surface area contributed by atoms with Gasteiger partial charge in [0, 0.05) is 17.5 Å². The number of ether oxygens (including phenoxy) is 2. The van der Waals surface area contributed by atoms with Crippen molar-refractivity contribution < 1.29 is 18.7 Å². The van der Waals surface area contributed by atoms with E-state index in [1.54, 1.807) is 38.5 Å². The summed E-state index contributed by atoms with van der Waals surface area (Å²) in [6.45, 7) is 0.235. The average Bonchev–Trinajstić information content (AvgIpc) is 2.65. The van der Waals surface area contributed by atoms with Crippen molar-refractivity contribution in [3.05, 3.63) is 70.1 Å². The second-order valence-corrected chi connectivity index (χ2v) is 5.35. The van der Waals surface area contributed by atoms with Crippen molar-refractivity contribution in [1.82, 2.24) is 5.32 Å². The molecule has 3 rings (SSSR count). The van der Waals surface area contributed by atoms with Crippen molar-refractivity contribution in [1.29, 1.82) is 0 Å². The van der Waals surface area contributed by atoms with Gasteiger partial charge in [0.2, 0.25) is 0 Å². The lowest BCUT2D eigenvalue weighted by molar-refractivity contribution is 0.0947. The fraction of sp³-hybridized carbons (Fsp3) is 0.158. The van der Waals surface area contributed by atoms with Crippen molar-refractivity contribution >= 4 is 16.9 Å². The van der Waals surface area contributed by atoms with Crippen LogP contribution in [0.2, 0.25) is 0 Å². The standard InChI is InChI=1S/C19H17NO5/c1-23-14-7-8-17-13(9-14)10-15(19(22)25-17)18(21)20-11-12-5-3-4-6-16(12)24-2/h3-10H,11H2,1-2H3,(H,20,21). The van der Waals surface area contributed by atoms with E-state index < -0.39 is 11.5 Å². The number of methoxy groups -OCH3 is 2. The molecule has 2 aromatic carbocycles. The van der Waals surface area contributed by atoms with Crippen LogP contribution in [-0.4, -0.2) is 20.1 Å². The van der Waals surface area contributed by atoms with E-state index in [0.717, 1.165) is 5.56 Å². The molecule has 0 spiro atoms. The van der Waals surface area contributed by atoms with Gasteiger partial charge < -0.3 is 19.2 Å². The summed E-state index contributed by atoms with van der Waals surface area (Å²) in [5, 5.41) is 3.33. The molecular formula is C19H17NO5. The molecular weight excluding hydrogens is 322 g/mol. The molecule has 0 saturated carbocycles. The highest BCUT2D eigenvalue weighted by Crippen LogP contribution is 2.20. The van der Waals surface area contributed by atoms with Gasteiger partial charge in [0.05, 0.1) is 14.2 Å². The Morgan fingerprint density at radius 2 is 1.88 bits per heavy atom. The maximum absolute atomic E-state index is 12.4. The number of fused-ring (bicyclic) bond motifs is 1. The molecule has 0 fully saturated rings. The predicted molar refractivity (Wildman–Crippen MR) is 93.2 cm³/mol. The summed E-state index contributed by atoms with van der Waals surface area (Å²) in [6.07, 6.45) is 0. The van der Waals surface area contributed by atoms with Crippen LogP contribution < -0.4 is 20.4 Å². The molecule has 0 aliphatic carbocycles. The van der Waals surface area contributed by atoms with Gasteiger partial charge in [-0.1, -0.05) is 18.2 Å². The Hall–Kier alpha value is -3.28. The Morgan fingerprint density at radius 3 is 2.64 bits per heavy atom. The maximum atomic E-state index is 12.4. The molecule has 0 atom stereocenters. The summed E-state index contributed by atoms with van der Waals surface area (Å²) in [7, 11) is 3.10. The largest absolute Gasteiger partial charge is 0.497 e. The lowest BCUT2D eigenvalue weighted by atomic mass is 10.1. The Morgan fingerprint density at radius 1 is 1.08 bits per heavy atom. The molecule has 3 aromatic rings. The van der Waals surface area contributed by atoms with Crippen molar-refractivity contribution in [3.8, 4) is 11.5 Å². The summed E-state index contributed by atoms with van der Waals surface area (Å²) in [5.41, 5.74) is 0.461. The lowest BCUT2D eigenvalue weighted by Gasteiger charge is -2.09. The number of nitrogens with one attached hydrogen (secondary N) is 1. The average molecular weight is 339 g/mol. The lowest BCUT2D eigenvalue weighted by Crippen LogP contribution is -2.28. The van der Waals surface area contributed by atoms with Crippen molar-refractivity contribution in [2.45, 2.75) is 6.54 Å².